The molecule has 0 rings (SSSR count). The van der Waals surface area contributed by atoms with E-state index >= 15 is 0 Å². The topological polar surface area (TPSA) is 55.8 Å². The van der Waals surface area contributed by atoms with Crippen molar-refractivity contribution < 1.29 is 19.4 Å². The molecule has 0 fully saturated rings. The zero-order valence-corrected chi connectivity index (χ0v) is 29.4. The highest BCUT2D eigenvalue weighted by Crippen LogP contribution is 2.13. The first-order valence-corrected chi connectivity index (χ1v) is 19.1. The van der Waals surface area contributed by atoms with Crippen molar-refractivity contribution in [1.29, 1.82) is 0 Å². The van der Waals surface area contributed by atoms with Gasteiger partial charge in [-0.05, 0) is 51.4 Å². The molecule has 0 aliphatic rings. The van der Waals surface area contributed by atoms with Crippen molar-refractivity contribution in [1.82, 2.24) is 0 Å². The lowest BCUT2D eigenvalue weighted by Gasteiger charge is -2.16. The summed E-state index contributed by atoms with van der Waals surface area (Å²) in [5.74, 6) is -0.212. The Labute approximate surface area is 274 Å². The Hall–Kier alpha value is -1.39. The molecule has 0 amide bonds. The largest absolute Gasteiger partial charge is 0.457 e. The molecule has 0 saturated heterocycles. The van der Waals surface area contributed by atoms with Crippen molar-refractivity contribution >= 4 is 5.97 Å². The number of ether oxygens (including phenoxy) is 2. The van der Waals surface area contributed by atoms with Crippen molar-refractivity contribution in [2.45, 2.75) is 193 Å². The van der Waals surface area contributed by atoms with E-state index in [0.29, 0.717) is 19.6 Å². The van der Waals surface area contributed by atoms with Gasteiger partial charge in [-0.3, -0.25) is 4.79 Å². The molecule has 258 valence electrons. The third-order valence-corrected chi connectivity index (χ3v) is 8.22. The molecule has 0 aliphatic heterocycles. The van der Waals surface area contributed by atoms with Crippen LogP contribution in [-0.2, 0) is 14.3 Å². The van der Waals surface area contributed by atoms with E-state index in [0.717, 1.165) is 44.9 Å². The number of carbonyl (C=O) groups is 1. The molecule has 0 aliphatic carbocycles. The first kappa shape index (κ1) is 42.6. The summed E-state index contributed by atoms with van der Waals surface area (Å²) in [4.78, 5) is 12.2. The number of esters is 1. The normalized spacial score (nSPS) is 12.7. The van der Waals surface area contributed by atoms with Crippen LogP contribution in [0, 0.1) is 0 Å². The van der Waals surface area contributed by atoms with Crippen molar-refractivity contribution in [3.8, 4) is 0 Å². The number of allylic oxidation sites excluding steroid dienone is 6. The van der Waals surface area contributed by atoms with E-state index in [2.05, 4.69) is 50.3 Å². The van der Waals surface area contributed by atoms with Gasteiger partial charge in [-0.1, -0.05) is 166 Å². The van der Waals surface area contributed by atoms with E-state index in [4.69, 9.17) is 9.47 Å². The van der Waals surface area contributed by atoms with Crippen molar-refractivity contribution in [3.05, 3.63) is 36.5 Å². The molecule has 1 N–H and O–H groups in total. The minimum absolute atomic E-state index is 0.175. The molecule has 44 heavy (non-hydrogen) atoms. The van der Waals surface area contributed by atoms with E-state index in [-0.39, 0.29) is 12.6 Å². The average Bonchev–Trinajstić information content (AvgIpc) is 3.03. The zero-order valence-electron chi connectivity index (χ0n) is 29.4. The first-order valence-electron chi connectivity index (χ1n) is 19.1. The molecule has 4 heteroatoms. The number of hydrogen-bond donors (Lipinski definition) is 1. The van der Waals surface area contributed by atoms with Crippen molar-refractivity contribution in [3.63, 3.8) is 0 Å². The Bertz CT molecular complexity index is 654. The van der Waals surface area contributed by atoms with Gasteiger partial charge in [-0.15, -0.1) is 0 Å². The van der Waals surface area contributed by atoms with Gasteiger partial charge in [0.25, 0.3) is 0 Å². The van der Waals surface area contributed by atoms with Gasteiger partial charge in [-0.25, -0.2) is 0 Å². The lowest BCUT2D eigenvalue weighted by molar-refractivity contribution is -0.154. The Balaban J connectivity index is 3.47. The molecular formula is C40H74O4. The fourth-order valence-electron chi connectivity index (χ4n) is 5.33. The molecule has 0 aromatic carbocycles. The highest BCUT2D eigenvalue weighted by molar-refractivity contribution is 5.69. The van der Waals surface area contributed by atoms with Gasteiger partial charge in [0.2, 0.25) is 0 Å². The summed E-state index contributed by atoms with van der Waals surface area (Å²) in [6.07, 6.45) is 46.1. The monoisotopic (exact) mass is 619 g/mol. The number of carbonyl (C=O) groups excluding carboxylic acids is 1. The van der Waals surface area contributed by atoms with Crippen LogP contribution < -0.4 is 0 Å². The molecule has 0 aromatic heterocycles. The maximum Gasteiger partial charge on any atom is 0.306 e. The van der Waals surface area contributed by atoms with Gasteiger partial charge >= 0.3 is 5.97 Å². The van der Waals surface area contributed by atoms with Gasteiger partial charge < -0.3 is 14.6 Å². The summed E-state index contributed by atoms with van der Waals surface area (Å²) in [5, 5.41) is 9.56. The van der Waals surface area contributed by atoms with Crippen molar-refractivity contribution in [2.75, 3.05) is 19.8 Å². The minimum Gasteiger partial charge on any atom is -0.457 e. The molecule has 1 unspecified atom stereocenters. The highest BCUT2D eigenvalue weighted by atomic mass is 16.6. The molecule has 0 spiro atoms. The first-order chi connectivity index (χ1) is 21.7. The second-order valence-corrected chi connectivity index (χ2v) is 12.7. The van der Waals surface area contributed by atoms with E-state index in [1.807, 2.05) is 0 Å². The van der Waals surface area contributed by atoms with Crippen molar-refractivity contribution in [2.24, 2.45) is 0 Å². The lowest BCUT2D eigenvalue weighted by Crippen LogP contribution is -2.27. The number of rotatable bonds is 35. The molecule has 0 radical (unpaired) electrons. The summed E-state index contributed by atoms with van der Waals surface area (Å²) in [7, 11) is 0. The third kappa shape index (κ3) is 35.1. The van der Waals surface area contributed by atoms with Crippen LogP contribution in [0.15, 0.2) is 36.5 Å². The zero-order chi connectivity index (χ0) is 32.0. The van der Waals surface area contributed by atoms with Crippen LogP contribution >= 0.6 is 0 Å². The summed E-state index contributed by atoms with van der Waals surface area (Å²) in [6, 6.07) is 0. The molecule has 1 atom stereocenters. The number of hydrogen-bond acceptors (Lipinski definition) is 4. The average molecular weight is 619 g/mol. The quantitative estimate of drug-likeness (QED) is 0.0436. The molecule has 0 heterocycles. The minimum atomic E-state index is -0.537. The van der Waals surface area contributed by atoms with Gasteiger partial charge in [0.15, 0.2) is 0 Å². The van der Waals surface area contributed by atoms with E-state index in [1.54, 1.807) is 0 Å². The van der Waals surface area contributed by atoms with Crippen LogP contribution in [0.3, 0.4) is 0 Å². The fraction of sp³-hybridized carbons (Fsp3) is 0.825. The Morgan fingerprint density at radius 3 is 1.48 bits per heavy atom. The van der Waals surface area contributed by atoms with E-state index < -0.39 is 6.10 Å². The number of unbranched alkanes of at least 4 members (excludes halogenated alkanes) is 21. The van der Waals surface area contributed by atoms with E-state index in [9.17, 15) is 9.90 Å². The van der Waals surface area contributed by atoms with Crippen LogP contribution in [0.1, 0.15) is 187 Å². The maximum atomic E-state index is 12.2. The molecule has 0 saturated carbocycles. The smallest absolute Gasteiger partial charge is 0.306 e. The van der Waals surface area contributed by atoms with Gasteiger partial charge in [0, 0.05) is 13.0 Å². The van der Waals surface area contributed by atoms with Gasteiger partial charge in [-0.2, -0.15) is 0 Å². The maximum absolute atomic E-state index is 12.2. The number of aliphatic hydroxyl groups excluding tert-OH is 1. The predicted octanol–water partition coefficient (Wildman–Crippen LogP) is 12.1. The molecule has 0 bridgehead atoms. The van der Waals surface area contributed by atoms with Gasteiger partial charge in [0.05, 0.1) is 13.2 Å². The van der Waals surface area contributed by atoms with Crippen LogP contribution in [0.5, 0.6) is 0 Å². The van der Waals surface area contributed by atoms with Crippen LogP contribution in [0.2, 0.25) is 0 Å². The predicted molar refractivity (Wildman–Crippen MR) is 191 cm³/mol. The third-order valence-electron chi connectivity index (χ3n) is 8.22. The van der Waals surface area contributed by atoms with Crippen LogP contribution in [0.4, 0.5) is 0 Å². The molecule has 4 nitrogen and oxygen atoms in total. The second-order valence-electron chi connectivity index (χ2n) is 12.7. The Morgan fingerprint density at radius 1 is 0.545 bits per heavy atom. The molecule has 0 aromatic rings. The summed E-state index contributed by atoms with van der Waals surface area (Å²) in [6.45, 7) is 5.32. The number of aliphatic hydroxyl groups is 1. The highest BCUT2D eigenvalue weighted by Gasteiger charge is 2.13. The summed E-state index contributed by atoms with van der Waals surface area (Å²) in [5.41, 5.74) is 0. The van der Waals surface area contributed by atoms with Crippen LogP contribution in [-0.4, -0.2) is 37.0 Å². The van der Waals surface area contributed by atoms with Crippen LogP contribution in [0.25, 0.3) is 0 Å². The SMILES string of the molecule is CCCCC/C=C\C/C=C\C/C=C\CCCCCCCCC(=O)OC(CO)COCCCCCCCCCCCCCCC. The van der Waals surface area contributed by atoms with E-state index in [1.165, 1.54) is 122 Å². The second kappa shape index (κ2) is 37.8. The van der Waals surface area contributed by atoms with Gasteiger partial charge in [0.1, 0.15) is 6.10 Å². The summed E-state index contributed by atoms with van der Waals surface area (Å²) >= 11 is 0. The fourth-order valence-corrected chi connectivity index (χ4v) is 5.33. The standard InChI is InChI=1S/C40H74O4/c1-3-5-7-9-11-13-15-17-18-19-20-21-22-23-25-27-29-31-33-35-40(42)44-39(37-41)38-43-36-34-32-30-28-26-24-16-14-12-10-8-6-4-2/h11,13,17-18,20-21,39,41H,3-10,12,14-16,19,22-38H2,1-2H3/b13-11-,18-17-,21-20-. The molecular weight excluding hydrogens is 544 g/mol. The summed E-state index contributed by atoms with van der Waals surface area (Å²) < 4.78 is 11.1. The Kier molecular flexibility index (Phi) is 36.6. The lowest BCUT2D eigenvalue weighted by atomic mass is 10.0. The Morgan fingerprint density at radius 2 is 0.955 bits per heavy atom.